The Kier molecular flexibility index (Phi) is 6.01. The number of rotatable bonds is 5. The second-order valence-electron chi connectivity index (χ2n) is 8.06. The Labute approximate surface area is 192 Å². The van der Waals surface area contributed by atoms with Gasteiger partial charge in [0.05, 0.1) is 11.3 Å². The third-order valence-electron chi connectivity index (χ3n) is 5.75. The molecule has 7 heteroatoms. The third kappa shape index (κ3) is 4.87. The van der Waals surface area contributed by atoms with Crippen molar-refractivity contribution in [3.63, 3.8) is 0 Å². The van der Waals surface area contributed by atoms with Crippen LogP contribution >= 0.6 is 0 Å². The number of hydrogen-bond donors (Lipinski definition) is 1. The smallest absolute Gasteiger partial charge is 0.255 e. The van der Waals surface area contributed by atoms with E-state index in [2.05, 4.69) is 15.3 Å². The van der Waals surface area contributed by atoms with Crippen LogP contribution in [0.15, 0.2) is 85.5 Å². The summed E-state index contributed by atoms with van der Waals surface area (Å²) in [5.74, 6) is 1.53. The predicted octanol–water partition coefficient (Wildman–Crippen LogP) is 4.70. The molecule has 1 atom stereocenters. The van der Waals surface area contributed by atoms with E-state index >= 15 is 0 Å². The van der Waals surface area contributed by atoms with Gasteiger partial charge in [0.2, 0.25) is 0 Å². The van der Waals surface area contributed by atoms with Gasteiger partial charge in [0.15, 0.2) is 0 Å². The number of carbonyl (C=O) groups excluding carboxylic acids is 1. The number of carbonyl (C=O) groups is 1. The summed E-state index contributed by atoms with van der Waals surface area (Å²) < 4.78 is 0. The highest BCUT2D eigenvalue weighted by Gasteiger charge is 2.28. The third-order valence-corrected chi connectivity index (χ3v) is 5.75. The summed E-state index contributed by atoms with van der Waals surface area (Å²) in [6, 6.07) is 19.4. The molecular formula is C26H24N6O. The van der Waals surface area contributed by atoms with Crippen LogP contribution < -0.4 is 5.32 Å². The average Bonchev–Trinajstić information content (AvgIpc) is 2.90. The van der Waals surface area contributed by atoms with Crippen molar-refractivity contribution in [2.24, 2.45) is 0 Å². The number of aromatic nitrogens is 4. The van der Waals surface area contributed by atoms with E-state index in [1.54, 1.807) is 36.9 Å². The summed E-state index contributed by atoms with van der Waals surface area (Å²) in [7, 11) is 0. The minimum absolute atomic E-state index is 0.000669. The maximum Gasteiger partial charge on any atom is 0.255 e. The van der Waals surface area contributed by atoms with Crippen LogP contribution in [0.3, 0.4) is 0 Å². The van der Waals surface area contributed by atoms with E-state index in [9.17, 15) is 4.79 Å². The van der Waals surface area contributed by atoms with Crippen molar-refractivity contribution in [3.8, 4) is 11.3 Å². The van der Waals surface area contributed by atoms with Crippen LogP contribution in [0.5, 0.6) is 0 Å². The number of amides is 1. The van der Waals surface area contributed by atoms with Gasteiger partial charge in [-0.1, -0.05) is 18.2 Å². The van der Waals surface area contributed by atoms with Crippen LogP contribution in [0.1, 0.15) is 34.9 Å². The molecule has 164 valence electrons. The molecule has 0 radical (unpaired) electrons. The van der Waals surface area contributed by atoms with Gasteiger partial charge >= 0.3 is 0 Å². The Morgan fingerprint density at radius 3 is 2.58 bits per heavy atom. The second-order valence-corrected chi connectivity index (χ2v) is 8.06. The van der Waals surface area contributed by atoms with E-state index in [1.807, 2.05) is 53.4 Å². The summed E-state index contributed by atoms with van der Waals surface area (Å²) in [6.45, 7) is 1.31. The number of piperidine rings is 1. The first-order valence-corrected chi connectivity index (χ1v) is 11.1. The van der Waals surface area contributed by atoms with Gasteiger partial charge < -0.3 is 10.2 Å². The van der Waals surface area contributed by atoms with Crippen molar-refractivity contribution in [1.29, 1.82) is 0 Å². The molecule has 1 aromatic carbocycles. The Hall–Kier alpha value is -4.13. The summed E-state index contributed by atoms with van der Waals surface area (Å²) in [5.41, 5.74) is 3.37. The van der Waals surface area contributed by atoms with Gasteiger partial charge in [-0.05, 0) is 49.2 Å². The van der Waals surface area contributed by atoms with Crippen molar-refractivity contribution >= 4 is 17.4 Å². The van der Waals surface area contributed by atoms with Crippen LogP contribution in [-0.2, 0) is 0 Å². The Morgan fingerprint density at radius 2 is 1.79 bits per heavy atom. The molecular weight excluding hydrogens is 412 g/mol. The molecule has 33 heavy (non-hydrogen) atoms. The zero-order valence-electron chi connectivity index (χ0n) is 18.1. The Balaban J connectivity index is 1.46. The molecule has 0 bridgehead atoms. The topological polar surface area (TPSA) is 83.9 Å². The molecule has 1 saturated heterocycles. The second kappa shape index (κ2) is 9.56. The minimum Gasteiger partial charge on any atom is -0.340 e. The number of para-hydroxylation sites is 1. The Bertz CT molecular complexity index is 1220. The largest absolute Gasteiger partial charge is 0.340 e. The van der Waals surface area contributed by atoms with E-state index in [4.69, 9.17) is 9.97 Å². The van der Waals surface area contributed by atoms with Crippen molar-refractivity contribution < 1.29 is 4.79 Å². The van der Waals surface area contributed by atoms with Crippen molar-refractivity contribution in [2.45, 2.75) is 18.8 Å². The van der Waals surface area contributed by atoms with Crippen LogP contribution in [0.25, 0.3) is 11.3 Å². The number of hydrogen-bond acceptors (Lipinski definition) is 6. The lowest BCUT2D eigenvalue weighted by Crippen LogP contribution is -2.39. The summed E-state index contributed by atoms with van der Waals surface area (Å²) in [6.07, 6.45) is 8.65. The van der Waals surface area contributed by atoms with E-state index < -0.39 is 0 Å². The molecule has 1 N–H and O–H groups in total. The number of likely N-dealkylation sites (tertiary alicyclic amines) is 1. The molecule has 3 aromatic heterocycles. The fourth-order valence-electron chi connectivity index (χ4n) is 4.10. The van der Waals surface area contributed by atoms with E-state index in [0.717, 1.165) is 48.0 Å². The van der Waals surface area contributed by atoms with Gasteiger partial charge in [-0.15, -0.1) is 0 Å². The minimum atomic E-state index is 0.000669. The number of nitrogens with zero attached hydrogens (tertiary/aromatic N) is 5. The molecule has 4 heterocycles. The summed E-state index contributed by atoms with van der Waals surface area (Å²) >= 11 is 0. The van der Waals surface area contributed by atoms with Crippen LogP contribution in [0.2, 0.25) is 0 Å². The first kappa shape index (κ1) is 20.8. The zero-order chi connectivity index (χ0) is 22.5. The van der Waals surface area contributed by atoms with E-state index in [-0.39, 0.29) is 11.8 Å². The number of anilines is 2. The monoisotopic (exact) mass is 436 g/mol. The predicted molar refractivity (Wildman–Crippen MR) is 127 cm³/mol. The highest BCUT2D eigenvalue weighted by atomic mass is 16.2. The lowest BCUT2D eigenvalue weighted by atomic mass is 9.96. The zero-order valence-corrected chi connectivity index (χ0v) is 18.1. The molecule has 4 aromatic rings. The van der Waals surface area contributed by atoms with Crippen LogP contribution in [-0.4, -0.2) is 43.8 Å². The average molecular weight is 437 g/mol. The van der Waals surface area contributed by atoms with E-state index in [0.29, 0.717) is 12.1 Å². The molecule has 0 spiro atoms. The van der Waals surface area contributed by atoms with Crippen molar-refractivity contribution in [3.05, 3.63) is 96.8 Å². The molecule has 7 nitrogen and oxygen atoms in total. The first-order valence-electron chi connectivity index (χ1n) is 11.1. The molecule has 5 rings (SSSR count). The SMILES string of the molecule is O=C(c1cccnc1)N1CCCC(c2nc(Nc3ccccc3)cc(-c3ccncc3)n2)C1. The number of benzene rings is 1. The molecule has 1 aliphatic heterocycles. The number of nitrogens with one attached hydrogen (secondary N) is 1. The quantitative estimate of drug-likeness (QED) is 0.488. The maximum atomic E-state index is 13.0. The highest BCUT2D eigenvalue weighted by Crippen LogP contribution is 2.29. The molecule has 1 aliphatic rings. The fourth-order valence-corrected chi connectivity index (χ4v) is 4.10. The van der Waals surface area contributed by atoms with Gasteiger partial charge in [-0.3, -0.25) is 14.8 Å². The van der Waals surface area contributed by atoms with Crippen molar-refractivity contribution in [2.75, 3.05) is 18.4 Å². The first-order chi connectivity index (χ1) is 16.3. The summed E-state index contributed by atoms with van der Waals surface area (Å²) in [5, 5.41) is 3.40. The molecule has 1 amide bonds. The van der Waals surface area contributed by atoms with E-state index in [1.165, 1.54) is 0 Å². The normalized spacial score (nSPS) is 15.8. The van der Waals surface area contributed by atoms with Gasteiger partial charge in [0.1, 0.15) is 11.6 Å². The van der Waals surface area contributed by atoms with Crippen LogP contribution in [0.4, 0.5) is 11.5 Å². The Morgan fingerprint density at radius 1 is 0.939 bits per heavy atom. The molecule has 0 saturated carbocycles. The lowest BCUT2D eigenvalue weighted by Gasteiger charge is -2.32. The van der Waals surface area contributed by atoms with Gasteiger partial charge in [-0.25, -0.2) is 9.97 Å². The van der Waals surface area contributed by atoms with Gasteiger partial charge in [-0.2, -0.15) is 0 Å². The van der Waals surface area contributed by atoms with Crippen LogP contribution in [0, 0.1) is 0 Å². The standard InChI is InChI=1S/C26H24N6O/c33-26(20-6-4-12-28-17-20)32-15-5-7-21(18-32)25-30-23(19-10-13-27-14-11-19)16-24(31-25)29-22-8-2-1-3-9-22/h1-4,6,8-14,16-17,21H,5,7,15,18H2,(H,29,30,31). The molecule has 1 fully saturated rings. The van der Waals surface area contributed by atoms with Gasteiger partial charge in [0.25, 0.3) is 5.91 Å². The fraction of sp³-hybridized carbons (Fsp3) is 0.192. The molecule has 0 aliphatic carbocycles. The summed E-state index contributed by atoms with van der Waals surface area (Å²) in [4.78, 5) is 32.9. The lowest BCUT2D eigenvalue weighted by molar-refractivity contribution is 0.0704. The molecule has 1 unspecified atom stereocenters. The number of pyridine rings is 2. The highest BCUT2D eigenvalue weighted by molar-refractivity contribution is 5.94. The van der Waals surface area contributed by atoms with Crippen molar-refractivity contribution in [1.82, 2.24) is 24.8 Å². The van der Waals surface area contributed by atoms with Gasteiger partial charge in [0, 0.05) is 61.1 Å². The maximum absolute atomic E-state index is 13.0.